The molecule has 88 valence electrons. The van der Waals surface area contributed by atoms with Gasteiger partial charge >= 0.3 is 0 Å². The summed E-state index contributed by atoms with van der Waals surface area (Å²) in [5.74, 6) is 0.928. The van der Waals surface area contributed by atoms with Gasteiger partial charge in [0, 0.05) is 24.0 Å². The summed E-state index contributed by atoms with van der Waals surface area (Å²) in [5, 5.41) is 5.94. The minimum Gasteiger partial charge on any atom is -0.313 e. The van der Waals surface area contributed by atoms with Crippen LogP contribution in [0.5, 0.6) is 0 Å². The molecule has 0 radical (unpaired) electrons. The summed E-state index contributed by atoms with van der Waals surface area (Å²) in [5.41, 5.74) is 0. The molecule has 0 aromatic carbocycles. The normalized spacial score (nSPS) is 33.1. The third kappa shape index (κ3) is 2.31. The molecule has 2 saturated heterocycles. The number of nitrogens with zero attached hydrogens (tertiary/aromatic N) is 1. The lowest BCUT2D eigenvalue weighted by molar-refractivity contribution is 0.222. The average Bonchev–Trinajstić information content (AvgIpc) is 2.92. The highest BCUT2D eigenvalue weighted by Crippen LogP contribution is 2.26. The molecular weight excluding hydrogens is 216 g/mol. The highest BCUT2D eigenvalue weighted by molar-refractivity contribution is 7.09. The zero-order valence-electron chi connectivity index (χ0n) is 9.69. The zero-order chi connectivity index (χ0) is 10.8. The summed E-state index contributed by atoms with van der Waals surface area (Å²) >= 11 is 1.88. The van der Waals surface area contributed by atoms with Gasteiger partial charge in [-0.15, -0.1) is 11.3 Å². The van der Waals surface area contributed by atoms with Crippen molar-refractivity contribution in [2.45, 2.75) is 25.3 Å². The van der Waals surface area contributed by atoms with Gasteiger partial charge in [0.2, 0.25) is 0 Å². The number of hydrogen-bond acceptors (Lipinski definition) is 3. The third-order valence-corrected chi connectivity index (χ3v) is 4.93. The minimum atomic E-state index is 0.790. The van der Waals surface area contributed by atoms with Crippen LogP contribution in [0.4, 0.5) is 0 Å². The fraction of sp³-hybridized carbons (Fsp3) is 0.692. The van der Waals surface area contributed by atoms with Gasteiger partial charge in [0.1, 0.15) is 0 Å². The number of thiophene rings is 1. The predicted octanol–water partition coefficient (Wildman–Crippen LogP) is 1.97. The van der Waals surface area contributed by atoms with Crippen molar-refractivity contribution in [1.29, 1.82) is 0 Å². The lowest BCUT2D eigenvalue weighted by atomic mass is 9.94. The van der Waals surface area contributed by atoms with Gasteiger partial charge in [-0.1, -0.05) is 6.07 Å². The Kier molecular flexibility index (Phi) is 3.27. The molecule has 3 heterocycles. The fourth-order valence-electron chi connectivity index (χ4n) is 3.06. The van der Waals surface area contributed by atoms with E-state index in [9.17, 15) is 0 Å². The van der Waals surface area contributed by atoms with E-state index in [1.165, 1.54) is 43.8 Å². The van der Waals surface area contributed by atoms with Crippen molar-refractivity contribution in [1.82, 2.24) is 10.2 Å². The topological polar surface area (TPSA) is 15.3 Å². The lowest BCUT2D eigenvalue weighted by Gasteiger charge is -2.31. The van der Waals surface area contributed by atoms with Crippen LogP contribution in [-0.2, 0) is 6.42 Å². The number of rotatable bonds is 4. The molecule has 2 fully saturated rings. The Morgan fingerprint density at radius 3 is 3.19 bits per heavy atom. The van der Waals surface area contributed by atoms with Crippen molar-refractivity contribution in [3.8, 4) is 0 Å². The molecule has 16 heavy (non-hydrogen) atoms. The van der Waals surface area contributed by atoms with Crippen LogP contribution in [0.15, 0.2) is 17.5 Å². The standard InChI is InChI=1S/C13H20N2S/c1-2-12(16-9-1)3-6-14-13-5-8-15-7-4-11(13)10-15/h1-2,9,11,13-14H,3-8,10H2. The fourth-order valence-corrected chi connectivity index (χ4v) is 3.76. The number of nitrogens with one attached hydrogen (secondary N) is 1. The second-order valence-electron chi connectivity index (χ2n) is 5.03. The molecule has 2 aliphatic rings. The summed E-state index contributed by atoms with van der Waals surface area (Å²) in [6, 6.07) is 5.18. The molecule has 2 nitrogen and oxygen atoms in total. The van der Waals surface area contributed by atoms with E-state index in [2.05, 4.69) is 27.7 Å². The van der Waals surface area contributed by atoms with Crippen LogP contribution in [0.25, 0.3) is 0 Å². The summed E-state index contributed by atoms with van der Waals surface area (Å²) in [6.45, 7) is 5.15. The second-order valence-corrected chi connectivity index (χ2v) is 6.06. The van der Waals surface area contributed by atoms with Crippen molar-refractivity contribution >= 4 is 11.3 Å². The summed E-state index contributed by atoms with van der Waals surface area (Å²) < 4.78 is 0. The molecule has 3 rings (SSSR count). The highest BCUT2D eigenvalue weighted by Gasteiger charge is 2.33. The molecule has 3 atom stereocenters. The van der Waals surface area contributed by atoms with Crippen LogP contribution in [0.2, 0.25) is 0 Å². The van der Waals surface area contributed by atoms with E-state index >= 15 is 0 Å². The summed E-state index contributed by atoms with van der Waals surface area (Å²) in [6.07, 6.45) is 3.97. The van der Waals surface area contributed by atoms with Crippen molar-refractivity contribution in [3.63, 3.8) is 0 Å². The maximum Gasteiger partial charge on any atom is 0.0120 e. The Bertz CT molecular complexity index is 323. The Morgan fingerprint density at radius 2 is 2.31 bits per heavy atom. The average molecular weight is 236 g/mol. The van der Waals surface area contributed by atoms with Crippen LogP contribution in [-0.4, -0.2) is 37.1 Å². The SMILES string of the molecule is c1csc(CCNC2CCN3CCC2C3)c1. The van der Waals surface area contributed by atoms with Gasteiger partial charge in [-0.25, -0.2) is 0 Å². The smallest absolute Gasteiger partial charge is 0.0120 e. The molecule has 0 saturated carbocycles. The maximum atomic E-state index is 3.77. The highest BCUT2D eigenvalue weighted by atomic mass is 32.1. The van der Waals surface area contributed by atoms with Gasteiger partial charge in [0.15, 0.2) is 0 Å². The van der Waals surface area contributed by atoms with Gasteiger partial charge in [0.25, 0.3) is 0 Å². The van der Waals surface area contributed by atoms with E-state index in [1.807, 2.05) is 11.3 Å². The van der Waals surface area contributed by atoms with E-state index in [-0.39, 0.29) is 0 Å². The molecule has 3 heteroatoms. The summed E-state index contributed by atoms with van der Waals surface area (Å²) in [4.78, 5) is 4.12. The first kappa shape index (κ1) is 10.8. The molecule has 0 amide bonds. The number of hydrogen-bond donors (Lipinski definition) is 1. The van der Waals surface area contributed by atoms with E-state index in [0.29, 0.717) is 0 Å². The van der Waals surface area contributed by atoms with Crippen LogP contribution in [0.1, 0.15) is 17.7 Å². The molecule has 0 spiro atoms. The first-order valence-electron chi connectivity index (χ1n) is 6.40. The van der Waals surface area contributed by atoms with Gasteiger partial charge < -0.3 is 10.2 Å². The van der Waals surface area contributed by atoms with Gasteiger partial charge in [-0.2, -0.15) is 0 Å². The Balaban J connectivity index is 1.45. The van der Waals surface area contributed by atoms with Crippen molar-refractivity contribution in [2.24, 2.45) is 5.92 Å². The van der Waals surface area contributed by atoms with Gasteiger partial charge in [0.05, 0.1) is 0 Å². The Labute approximate surface area is 102 Å². The van der Waals surface area contributed by atoms with Crippen LogP contribution in [0.3, 0.4) is 0 Å². The quantitative estimate of drug-likeness (QED) is 0.860. The lowest BCUT2D eigenvalue weighted by Crippen LogP contribution is -2.44. The number of fused-ring (bicyclic) bond motifs is 2. The maximum absolute atomic E-state index is 3.77. The molecule has 2 bridgehead atoms. The molecule has 1 aromatic rings. The van der Waals surface area contributed by atoms with Crippen LogP contribution in [0, 0.1) is 5.92 Å². The largest absolute Gasteiger partial charge is 0.313 e. The first-order chi connectivity index (χ1) is 7.92. The van der Waals surface area contributed by atoms with Gasteiger partial charge in [-0.05, 0) is 49.7 Å². The van der Waals surface area contributed by atoms with Gasteiger partial charge in [-0.3, -0.25) is 0 Å². The predicted molar refractivity (Wildman–Crippen MR) is 69.0 cm³/mol. The number of piperidine rings is 1. The van der Waals surface area contributed by atoms with E-state index in [1.54, 1.807) is 0 Å². The van der Waals surface area contributed by atoms with Crippen molar-refractivity contribution < 1.29 is 0 Å². The summed E-state index contributed by atoms with van der Waals surface area (Å²) in [7, 11) is 0. The minimum absolute atomic E-state index is 0.790. The molecule has 0 aliphatic carbocycles. The second kappa shape index (κ2) is 4.86. The molecule has 1 N–H and O–H groups in total. The van der Waals surface area contributed by atoms with Crippen molar-refractivity contribution in [2.75, 3.05) is 26.2 Å². The van der Waals surface area contributed by atoms with E-state index in [0.717, 1.165) is 18.5 Å². The van der Waals surface area contributed by atoms with E-state index in [4.69, 9.17) is 0 Å². The first-order valence-corrected chi connectivity index (χ1v) is 7.28. The Morgan fingerprint density at radius 1 is 1.38 bits per heavy atom. The van der Waals surface area contributed by atoms with E-state index < -0.39 is 0 Å². The van der Waals surface area contributed by atoms with Crippen molar-refractivity contribution in [3.05, 3.63) is 22.4 Å². The van der Waals surface area contributed by atoms with Crippen LogP contribution < -0.4 is 5.32 Å². The molecule has 3 unspecified atom stereocenters. The van der Waals surface area contributed by atoms with Crippen LogP contribution >= 0.6 is 11.3 Å². The monoisotopic (exact) mass is 236 g/mol. The molecule has 2 aliphatic heterocycles. The third-order valence-electron chi connectivity index (χ3n) is 3.99. The molecule has 1 aromatic heterocycles. The molecular formula is C13H20N2S. The Hall–Kier alpha value is -0.380. The zero-order valence-corrected chi connectivity index (χ0v) is 10.5.